The zero-order valence-electron chi connectivity index (χ0n) is 11.1. The molecule has 1 saturated carbocycles. The van der Waals surface area contributed by atoms with Gasteiger partial charge in [-0.05, 0) is 59.8 Å². The standard InChI is InChI=1S/C14H20BrFN2O/c1-19-11-4-6-14(9-17,7-5-11)18-10-2-3-13(16)12(15)8-10/h2-3,8,11,18H,4-7,9,17H2,1H3. The lowest BCUT2D eigenvalue weighted by Crippen LogP contribution is -2.49. The van der Waals surface area contributed by atoms with Gasteiger partial charge in [0.15, 0.2) is 0 Å². The molecule has 2 rings (SSSR count). The van der Waals surface area contributed by atoms with Gasteiger partial charge < -0.3 is 15.8 Å². The summed E-state index contributed by atoms with van der Waals surface area (Å²) in [5.74, 6) is -0.254. The molecule has 1 aliphatic carbocycles. The molecule has 0 radical (unpaired) electrons. The van der Waals surface area contributed by atoms with E-state index < -0.39 is 0 Å². The molecule has 0 atom stereocenters. The van der Waals surface area contributed by atoms with E-state index in [4.69, 9.17) is 10.5 Å². The Balaban J connectivity index is 2.08. The second kappa shape index (κ2) is 6.20. The third-order valence-electron chi connectivity index (χ3n) is 3.94. The molecule has 0 spiro atoms. The molecule has 0 bridgehead atoms. The zero-order valence-corrected chi connectivity index (χ0v) is 12.7. The van der Waals surface area contributed by atoms with Crippen molar-refractivity contribution >= 4 is 21.6 Å². The summed E-state index contributed by atoms with van der Waals surface area (Å²) < 4.78 is 19.1. The molecule has 3 N–H and O–H groups in total. The largest absolute Gasteiger partial charge is 0.381 e. The van der Waals surface area contributed by atoms with Crippen LogP contribution in [0.5, 0.6) is 0 Å². The Bertz CT molecular complexity index is 433. The van der Waals surface area contributed by atoms with Crippen LogP contribution in [-0.2, 0) is 4.74 Å². The van der Waals surface area contributed by atoms with Crippen molar-refractivity contribution in [2.24, 2.45) is 5.73 Å². The van der Waals surface area contributed by atoms with Crippen molar-refractivity contribution in [1.29, 1.82) is 0 Å². The van der Waals surface area contributed by atoms with E-state index >= 15 is 0 Å². The Morgan fingerprint density at radius 2 is 2.16 bits per heavy atom. The molecule has 0 saturated heterocycles. The zero-order chi connectivity index (χ0) is 13.9. The smallest absolute Gasteiger partial charge is 0.137 e. The summed E-state index contributed by atoms with van der Waals surface area (Å²) in [5, 5.41) is 3.48. The Kier molecular flexibility index (Phi) is 4.81. The number of ether oxygens (including phenoxy) is 1. The molecule has 0 aromatic heterocycles. The summed E-state index contributed by atoms with van der Waals surface area (Å²) >= 11 is 3.20. The highest BCUT2D eigenvalue weighted by atomic mass is 79.9. The van der Waals surface area contributed by atoms with E-state index in [2.05, 4.69) is 21.2 Å². The van der Waals surface area contributed by atoms with Gasteiger partial charge in [0.05, 0.1) is 10.6 Å². The van der Waals surface area contributed by atoms with Gasteiger partial charge in [0.2, 0.25) is 0 Å². The minimum Gasteiger partial charge on any atom is -0.381 e. The average molecular weight is 331 g/mol. The predicted octanol–water partition coefficient (Wildman–Crippen LogP) is 3.29. The van der Waals surface area contributed by atoms with Gasteiger partial charge in [-0.15, -0.1) is 0 Å². The number of hydrogen-bond donors (Lipinski definition) is 2. The third-order valence-corrected chi connectivity index (χ3v) is 4.55. The molecule has 1 aliphatic rings. The van der Waals surface area contributed by atoms with Crippen LogP contribution < -0.4 is 11.1 Å². The molecule has 0 aliphatic heterocycles. The van der Waals surface area contributed by atoms with Gasteiger partial charge in [0.1, 0.15) is 5.82 Å². The van der Waals surface area contributed by atoms with Gasteiger partial charge in [-0.25, -0.2) is 4.39 Å². The Hall–Kier alpha value is -0.650. The number of anilines is 1. The highest BCUT2D eigenvalue weighted by molar-refractivity contribution is 9.10. The lowest BCUT2D eigenvalue weighted by molar-refractivity contribution is 0.0550. The Morgan fingerprint density at radius 3 is 2.68 bits per heavy atom. The normalized spacial score (nSPS) is 27.3. The topological polar surface area (TPSA) is 47.3 Å². The van der Waals surface area contributed by atoms with Gasteiger partial charge >= 0.3 is 0 Å². The van der Waals surface area contributed by atoms with Crippen LogP contribution in [0, 0.1) is 5.82 Å². The summed E-state index contributed by atoms with van der Waals surface area (Å²) in [6, 6.07) is 4.96. The lowest BCUT2D eigenvalue weighted by atomic mass is 9.80. The summed E-state index contributed by atoms with van der Waals surface area (Å²) in [6.45, 7) is 0.568. The molecule has 1 fully saturated rings. The first-order chi connectivity index (χ1) is 9.08. The van der Waals surface area contributed by atoms with Crippen LogP contribution >= 0.6 is 15.9 Å². The van der Waals surface area contributed by atoms with Gasteiger partial charge in [-0.1, -0.05) is 0 Å². The van der Waals surface area contributed by atoms with E-state index in [1.807, 2.05) is 0 Å². The number of halogens is 2. The van der Waals surface area contributed by atoms with Crippen LogP contribution in [0.15, 0.2) is 22.7 Å². The van der Waals surface area contributed by atoms with Crippen LogP contribution in [0.25, 0.3) is 0 Å². The van der Waals surface area contributed by atoms with Crippen molar-refractivity contribution in [1.82, 2.24) is 0 Å². The lowest BCUT2D eigenvalue weighted by Gasteiger charge is -2.40. The maximum absolute atomic E-state index is 13.2. The quantitative estimate of drug-likeness (QED) is 0.890. The molecule has 0 amide bonds. The predicted molar refractivity (Wildman–Crippen MR) is 78.8 cm³/mol. The van der Waals surface area contributed by atoms with Crippen molar-refractivity contribution in [2.45, 2.75) is 37.3 Å². The van der Waals surface area contributed by atoms with E-state index in [1.165, 1.54) is 6.07 Å². The summed E-state index contributed by atoms with van der Waals surface area (Å²) in [6.07, 6.45) is 4.28. The molecular formula is C14H20BrFN2O. The minimum absolute atomic E-state index is 0.105. The summed E-state index contributed by atoms with van der Waals surface area (Å²) in [7, 11) is 1.75. The third kappa shape index (κ3) is 3.46. The van der Waals surface area contributed by atoms with Crippen LogP contribution in [0.1, 0.15) is 25.7 Å². The van der Waals surface area contributed by atoms with Crippen molar-refractivity contribution in [3.05, 3.63) is 28.5 Å². The summed E-state index contributed by atoms with van der Waals surface area (Å²) in [5.41, 5.74) is 6.74. The number of nitrogens with one attached hydrogen (secondary N) is 1. The summed E-state index contributed by atoms with van der Waals surface area (Å²) in [4.78, 5) is 0. The first kappa shape index (κ1) is 14.8. The van der Waals surface area contributed by atoms with Crippen LogP contribution in [0.4, 0.5) is 10.1 Å². The second-order valence-electron chi connectivity index (χ2n) is 5.17. The number of methoxy groups -OCH3 is 1. The molecule has 19 heavy (non-hydrogen) atoms. The van der Waals surface area contributed by atoms with E-state index in [0.29, 0.717) is 17.1 Å². The van der Waals surface area contributed by atoms with E-state index in [1.54, 1.807) is 19.2 Å². The molecule has 0 unspecified atom stereocenters. The van der Waals surface area contributed by atoms with Crippen molar-refractivity contribution in [3.8, 4) is 0 Å². The number of benzene rings is 1. The highest BCUT2D eigenvalue weighted by Gasteiger charge is 2.34. The first-order valence-electron chi connectivity index (χ1n) is 6.55. The molecule has 1 aromatic rings. The number of nitrogens with two attached hydrogens (primary N) is 1. The molecule has 106 valence electrons. The van der Waals surface area contributed by atoms with Crippen molar-refractivity contribution in [2.75, 3.05) is 19.0 Å². The SMILES string of the molecule is COC1CCC(CN)(Nc2ccc(F)c(Br)c2)CC1. The number of rotatable bonds is 4. The second-order valence-corrected chi connectivity index (χ2v) is 6.03. The Labute approximate surface area is 121 Å². The fourth-order valence-electron chi connectivity index (χ4n) is 2.64. The van der Waals surface area contributed by atoms with Crippen LogP contribution in [-0.4, -0.2) is 25.3 Å². The van der Waals surface area contributed by atoms with E-state index in [9.17, 15) is 4.39 Å². The van der Waals surface area contributed by atoms with E-state index in [0.717, 1.165) is 31.4 Å². The fourth-order valence-corrected chi connectivity index (χ4v) is 3.02. The first-order valence-corrected chi connectivity index (χ1v) is 7.34. The van der Waals surface area contributed by atoms with Gasteiger partial charge in [-0.2, -0.15) is 0 Å². The van der Waals surface area contributed by atoms with E-state index in [-0.39, 0.29) is 11.4 Å². The maximum Gasteiger partial charge on any atom is 0.137 e. The molecule has 1 aromatic carbocycles. The van der Waals surface area contributed by atoms with Crippen molar-refractivity contribution in [3.63, 3.8) is 0 Å². The average Bonchev–Trinajstić information content (AvgIpc) is 2.44. The molecule has 3 nitrogen and oxygen atoms in total. The molecule has 5 heteroatoms. The van der Waals surface area contributed by atoms with Crippen LogP contribution in [0.3, 0.4) is 0 Å². The maximum atomic E-state index is 13.2. The van der Waals surface area contributed by atoms with Gasteiger partial charge in [-0.3, -0.25) is 0 Å². The number of hydrogen-bond acceptors (Lipinski definition) is 3. The molecule has 0 heterocycles. The monoisotopic (exact) mass is 330 g/mol. The van der Waals surface area contributed by atoms with Crippen LogP contribution in [0.2, 0.25) is 0 Å². The molecular weight excluding hydrogens is 311 g/mol. The van der Waals surface area contributed by atoms with Gasteiger partial charge in [0, 0.05) is 24.9 Å². The Morgan fingerprint density at radius 1 is 1.47 bits per heavy atom. The fraction of sp³-hybridized carbons (Fsp3) is 0.571. The minimum atomic E-state index is -0.254. The van der Waals surface area contributed by atoms with Gasteiger partial charge in [0.25, 0.3) is 0 Å². The van der Waals surface area contributed by atoms with Crippen molar-refractivity contribution < 1.29 is 9.13 Å². The highest BCUT2D eigenvalue weighted by Crippen LogP contribution is 2.33.